The van der Waals surface area contributed by atoms with Crippen LogP contribution in [0.5, 0.6) is 0 Å². The Balaban J connectivity index is 2.21. The molecular weight excluding hydrogens is 308 g/mol. The summed E-state index contributed by atoms with van der Waals surface area (Å²) in [5.74, 6) is 0.880. The lowest BCUT2D eigenvalue weighted by molar-refractivity contribution is 0.161. The summed E-state index contributed by atoms with van der Waals surface area (Å²) >= 11 is 1.87. The molecule has 0 aliphatic heterocycles. The van der Waals surface area contributed by atoms with Gasteiger partial charge in [0.15, 0.2) is 5.96 Å². The quantitative estimate of drug-likeness (QED) is 0.389. The fraction of sp³-hybridized carbons (Fsp3) is 0.706. The van der Waals surface area contributed by atoms with Gasteiger partial charge in [-0.3, -0.25) is 4.99 Å². The Bertz CT molecular complexity index is 461. The molecule has 0 saturated carbocycles. The minimum atomic E-state index is 0.364. The maximum atomic E-state index is 5.08. The van der Waals surface area contributed by atoms with E-state index in [1.165, 1.54) is 9.75 Å². The molecule has 0 aliphatic carbocycles. The second-order valence-corrected chi connectivity index (χ2v) is 7.28. The number of nitrogens with zero attached hydrogens (tertiary/aromatic N) is 2. The molecule has 0 fully saturated rings. The third kappa shape index (κ3) is 8.93. The van der Waals surface area contributed by atoms with Gasteiger partial charge in [-0.25, -0.2) is 0 Å². The molecule has 0 aromatic carbocycles. The number of nitrogens with one attached hydrogen (secondary N) is 2. The number of hydrogen-bond donors (Lipinski definition) is 2. The van der Waals surface area contributed by atoms with Crippen LogP contribution < -0.4 is 10.6 Å². The van der Waals surface area contributed by atoms with Crippen molar-refractivity contribution in [2.24, 2.45) is 4.99 Å². The van der Waals surface area contributed by atoms with Crippen molar-refractivity contribution in [1.29, 1.82) is 0 Å². The van der Waals surface area contributed by atoms with Crippen LogP contribution in [0.4, 0.5) is 0 Å². The monoisotopic (exact) mass is 340 g/mol. The molecule has 1 unspecified atom stereocenters. The maximum absolute atomic E-state index is 5.08. The molecule has 1 aromatic heterocycles. The van der Waals surface area contributed by atoms with E-state index in [-0.39, 0.29) is 0 Å². The minimum absolute atomic E-state index is 0.364. The fourth-order valence-corrected chi connectivity index (χ4v) is 3.31. The third-order valence-corrected chi connectivity index (χ3v) is 4.62. The first-order valence-electron chi connectivity index (χ1n) is 8.25. The lowest BCUT2D eigenvalue weighted by atomic mass is 10.2. The molecule has 6 heteroatoms. The van der Waals surface area contributed by atoms with Crippen molar-refractivity contribution in [1.82, 2.24) is 15.5 Å². The van der Waals surface area contributed by atoms with E-state index in [0.717, 1.165) is 45.0 Å². The normalized spacial score (nSPS) is 13.4. The summed E-state index contributed by atoms with van der Waals surface area (Å²) in [4.78, 5) is 9.37. The van der Waals surface area contributed by atoms with Crippen LogP contribution in [0, 0.1) is 6.92 Å². The molecule has 1 aromatic rings. The van der Waals surface area contributed by atoms with Gasteiger partial charge in [0.1, 0.15) is 0 Å². The van der Waals surface area contributed by atoms with Crippen LogP contribution in [0.25, 0.3) is 0 Å². The van der Waals surface area contributed by atoms with Gasteiger partial charge in [0.25, 0.3) is 0 Å². The largest absolute Gasteiger partial charge is 0.383 e. The third-order valence-electron chi connectivity index (χ3n) is 3.60. The highest BCUT2D eigenvalue weighted by molar-refractivity contribution is 7.11. The smallest absolute Gasteiger partial charge is 0.191 e. The highest BCUT2D eigenvalue weighted by Crippen LogP contribution is 2.16. The highest BCUT2D eigenvalue weighted by atomic mass is 32.1. The van der Waals surface area contributed by atoms with Crippen LogP contribution in [0.2, 0.25) is 0 Å². The summed E-state index contributed by atoms with van der Waals surface area (Å²) in [5.41, 5.74) is 0. The minimum Gasteiger partial charge on any atom is -0.383 e. The first-order valence-corrected chi connectivity index (χ1v) is 9.06. The van der Waals surface area contributed by atoms with Crippen molar-refractivity contribution in [3.63, 3.8) is 0 Å². The van der Waals surface area contributed by atoms with E-state index in [9.17, 15) is 0 Å². The summed E-state index contributed by atoms with van der Waals surface area (Å²) < 4.78 is 5.08. The molecule has 1 rings (SSSR count). The van der Waals surface area contributed by atoms with E-state index in [0.29, 0.717) is 6.04 Å². The van der Waals surface area contributed by atoms with Crippen LogP contribution >= 0.6 is 11.3 Å². The number of ether oxygens (including phenoxy) is 1. The van der Waals surface area contributed by atoms with Crippen LogP contribution in [0.15, 0.2) is 17.1 Å². The molecule has 2 N–H and O–H groups in total. The van der Waals surface area contributed by atoms with Crippen molar-refractivity contribution in [3.05, 3.63) is 21.9 Å². The molecule has 0 bridgehead atoms. The van der Waals surface area contributed by atoms with E-state index in [1.54, 1.807) is 7.11 Å². The number of rotatable bonds is 10. The Morgan fingerprint density at radius 1 is 1.39 bits per heavy atom. The van der Waals surface area contributed by atoms with Gasteiger partial charge in [-0.1, -0.05) is 0 Å². The number of likely N-dealkylation sites (N-methyl/N-ethyl adjacent to an activating group) is 1. The van der Waals surface area contributed by atoms with Crippen molar-refractivity contribution in [3.8, 4) is 0 Å². The lowest BCUT2D eigenvalue weighted by Crippen LogP contribution is -2.43. The van der Waals surface area contributed by atoms with E-state index < -0.39 is 0 Å². The van der Waals surface area contributed by atoms with E-state index >= 15 is 0 Å². The lowest BCUT2D eigenvalue weighted by Gasteiger charge is -2.19. The number of methoxy groups -OCH3 is 1. The number of guanidine groups is 1. The van der Waals surface area contributed by atoms with Crippen molar-refractivity contribution in [2.45, 2.75) is 32.7 Å². The van der Waals surface area contributed by atoms with Crippen LogP contribution in [0.3, 0.4) is 0 Å². The van der Waals surface area contributed by atoms with Crippen molar-refractivity contribution < 1.29 is 4.74 Å². The summed E-state index contributed by atoms with van der Waals surface area (Å²) in [7, 11) is 5.68. The summed E-state index contributed by atoms with van der Waals surface area (Å²) in [6.45, 7) is 8.07. The zero-order valence-electron chi connectivity index (χ0n) is 15.2. The van der Waals surface area contributed by atoms with E-state index in [1.807, 2.05) is 18.4 Å². The standard InChI is InChI=1S/C17H32N4OS/c1-14(13-16-8-7-15(2)23-16)20-17(18-3)19-9-6-10-21(4)11-12-22-5/h7-8,14H,6,9-13H2,1-5H3,(H2,18,19,20). The Morgan fingerprint density at radius 2 is 2.17 bits per heavy atom. The van der Waals surface area contributed by atoms with Gasteiger partial charge in [-0.15, -0.1) is 11.3 Å². The Labute approximate surface area is 145 Å². The fourth-order valence-electron chi connectivity index (χ4n) is 2.29. The Kier molecular flexibility index (Phi) is 9.91. The van der Waals surface area contributed by atoms with Gasteiger partial charge in [0.2, 0.25) is 0 Å². The zero-order chi connectivity index (χ0) is 17.1. The molecule has 132 valence electrons. The van der Waals surface area contributed by atoms with Gasteiger partial charge < -0.3 is 20.3 Å². The van der Waals surface area contributed by atoms with Gasteiger partial charge in [0, 0.05) is 49.5 Å². The molecule has 0 amide bonds. The summed E-state index contributed by atoms with van der Waals surface area (Å²) in [5, 5.41) is 6.85. The first kappa shape index (κ1) is 19.9. The second kappa shape index (κ2) is 11.4. The molecule has 23 heavy (non-hydrogen) atoms. The average Bonchev–Trinajstić information content (AvgIpc) is 2.93. The number of thiophene rings is 1. The summed E-state index contributed by atoms with van der Waals surface area (Å²) in [6, 6.07) is 4.76. The number of aryl methyl sites for hydroxylation is 1. The number of aliphatic imine (C=N–C) groups is 1. The molecule has 0 aliphatic rings. The second-order valence-electron chi connectivity index (χ2n) is 5.91. The predicted molar refractivity (Wildman–Crippen MR) is 101 cm³/mol. The van der Waals surface area contributed by atoms with Gasteiger partial charge in [-0.05, 0) is 46.0 Å². The Morgan fingerprint density at radius 3 is 2.78 bits per heavy atom. The maximum Gasteiger partial charge on any atom is 0.191 e. The van der Waals surface area contributed by atoms with Gasteiger partial charge in [-0.2, -0.15) is 0 Å². The SMILES string of the molecule is CN=C(NCCCN(C)CCOC)NC(C)Cc1ccc(C)s1. The van der Waals surface area contributed by atoms with Crippen LogP contribution in [-0.4, -0.2) is 64.3 Å². The van der Waals surface area contributed by atoms with E-state index in [2.05, 4.69) is 53.6 Å². The predicted octanol–water partition coefficient (Wildman–Crippen LogP) is 2.12. The van der Waals surface area contributed by atoms with Crippen molar-refractivity contribution in [2.75, 3.05) is 47.4 Å². The van der Waals surface area contributed by atoms with Gasteiger partial charge >= 0.3 is 0 Å². The topological polar surface area (TPSA) is 48.9 Å². The first-order chi connectivity index (χ1) is 11.0. The average molecular weight is 341 g/mol. The summed E-state index contributed by atoms with van der Waals surface area (Å²) in [6.07, 6.45) is 2.11. The van der Waals surface area contributed by atoms with Gasteiger partial charge in [0.05, 0.1) is 6.61 Å². The highest BCUT2D eigenvalue weighted by Gasteiger charge is 2.07. The van der Waals surface area contributed by atoms with E-state index in [4.69, 9.17) is 4.74 Å². The molecule has 0 radical (unpaired) electrons. The molecule has 0 spiro atoms. The molecular formula is C17H32N4OS. The Hall–Kier alpha value is -1.11. The number of hydrogen-bond acceptors (Lipinski definition) is 4. The molecule has 1 atom stereocenters. The molecule has 0 saturated heterocycles. The zero-order valence-corrected chi connectivity index (χ0v) is 16.0. The molecule has 1 heterocycles. The molecule has 5 nitrogen and oxygen atoms in total. The van der Waals surface area contributed by atoms with Crippen molar-refractivity contribution >= 4 is 17.3 Å². The van der Waals surface area contributed by atoms with Crippen LogP contribution in [-0.2, 0) is 11.2 Å². The van der Waals surface area contributed by atoms with Crippen LogP contribution in [0.1, 0.15) is 23.1 Å².